The Labute approximate surface area is 126 Å². The molecular formula is C16H26N2O3. The van der Waals surface area contributed by atoms with Crippen LogP contribution < -0.4 is 0 Å². The van der Waals surface area contributed by atoms with E-state index in [1.807, 2.05) is 16.7 Å². The van der Waals surface area contributed by atoms with Crippen LogP contribution in [-0.2, 0) is 9.59 Å². The number of carbonyl (C=O) groups is 2. The van der Waals surface area contributed by atoms with Gasteiger partial charge in [0.15, 0.2) is 0 Å². The van der Waals surface area contributed by atoms with Gasteiger partial charge in [-0.2, -0.15) is 0 Å². The van der Waals surface area contributed by atoms with Gasteiger partial charge < -0.3 is 14.9 Å². The van der Waals surface area contributed by atoms with Crippen LogP contribution in [0.15, 0.2) is 0 Å². The van der Waals surface area contributed by atoms with E-state index < -0.39 is 0 Å². The van der Waals surface area contributed by atoms with Crippen molar-refractivity contribution >= 4 is 11.8 Å². The van der Waals surface area contributed by atoms with E-state index in [1.165, 1.54) is 12.8 Å². The Morgan fingerprint density at radius 3 is 2.57 bits per heavy atom. The molecule has 2 saturated heterocycles. The normalized spacial score (nSPS) is 34.8. The van der Waals surface area contributed by atoms with Gasteiger partial charge in [0, 0.05) is 32.1 Å². The van der Waals surface area contributed by atoms with Crippen molar-refractivity contribution in [3.8, 4) is 0 Å². The second-order valence-electron chi connectivity index (χ2n) is 7.00. The summed E-state index contributed by atoms with van der Waals surface area (Å²) < 4.78 is 0. The van der Waals surface area contributed by atoms with Crippen LogP contribution in [0.3, 0.4) is 0 Å². The largest absolute Gasteiger partial charge is 0.393 e. The second kappa shape index (κ2) is 5.95. The SMILES string of the molecule is CC1CN(C(=O)C2CC(=O)N(C3CCCC3)C2)CCC1O. The predicted molar refractivity (Wildman–Crippen MR) is 78.4 cm³/mol. The fourth-order valence-electron chi connectivity index (χ4n) is 4.06. The van der Waals surface area contributed by atoms with Crippen molar-refractivity contribution in [3.63, 3.8) is 0 Å². The molecule has 5 nitrogen and oxygen atoms in total. The molecule has 3 atom stereocenters. The number of aliphatic hydroxyl groups excluding tert-OH is 1. The summed E-state index contributed by atoms with van der Waals surface area (Å²) in [5.74, 6) is 0.235. The lowest BCUT2D eigenvalue weighted by Gasteiger charge is -2.35. The number of nitrogens with zero attached hydrogens (tertiary/aromatic N) is 2. The number of piperidine rings is 1. The number of aliphatic hydroxyl groups is 1. The highest BCUT2D eigenvalue weighted by Crippen LogP contribution is 2.31. The molecule has 3 aliphatic rings. The minimum atomic E-state index is -0.297. The molecule has 0 aromatic carbocycles. The molecule has 118 valence electrons. The molecule has 0 bridgehead atoms. The Bertz CT molecular complexity index is 420. The zero-order chi connectivity index (χ0) is 15.0. The molecule has 1 saturated carbocycles. The average Bonchev–Trinajstić information content (AvgIpc) is 3.10. The maximum absolute atomic E-state index is 12.6. The fourth-order valence-corrected chi connectivity index (χ4v) is 4.06. The van der Waals surface area contributed by atoms with Crippen LogP contribution in [0.5, 0.6) is 0 Å². The van der Waals surface area contributed by atoms with Crippen LogP contribution in [0.25, 0.3) is 0 Å². The van der Waals surface area contributed by atoms with Gasteiger partial charge in [0.05, 0.1) is 12.0 Å². The topological polar surface area (TPSA) is 60.9 Å². The Morgan fingerprint density at radius 2 is 1.90 bits per heavy atom. The first kappa shape index (κ1) is 14.8. The van der Waals surface area contributed by atoms with Gasteiger partial charge in [0.1, 0.15) is 0 Å². The maximum Gasteiger partial charge on any atom is 0.228 e. The van der Waals surface area contributed by atoms with Gasteiger partial charge in [0.25, 0.3) is 0 Å². The van der Waals surface area contributed by atoms with E-state index >= 15 is 0 Å². The smallest absolute Gasteiger partial charge is 0.228 e. The molecule has 5 heteroatoms. The Morgan fingerprint density at radius 1 is 1.19 bits per heavy atom. The number of hydrogen-bond donors (Lipinski definition) is 1. The first-order valence-corrected chi connectivity index (χ1v) is 8.32. The molecule has 2 aliphatic heterocycles. The molecule has 0 radical (unpaired) electrons. The number of hydrogen-bond acceptors (Lipinski definition) is 3. The molecule has 0 aromatic rings. The minimum Gasteiger partial charge on any atom is -0.393 e. The highest BCUT2D eigenvalue weighted by molar-refractivity contribution is 5.89. The molecule has 0 aromatic heterocycles. The Kier molecular flexibility index (Phi) is 4.20. The molecular weight excluding hydrogens is 268 g/mol. The van der Waals surface area contributed by atoms with Gasteiger partial charge in [-0.3, -0.25) is 9.59 Å². The maximum atomic E-state index is 12.6. The molecule has 3 unspecified atom stereocenters. The molecule has 3 rings (SSSR count). The summed E-state index contributed by atoms with van der Waals surface area (Å²) in [5.41, 5.74) is 0. The van der Waals surface area contributed by atoms with Crippen molar-refractivity contribution in [1.29, 1.82) is 0 Å². The van der Waals surface area contributed by atoms with Gasteiger partial charge in [-0.1, -0.05) is 19.8 Å². The van der Waals surface area contributed by atoms with Gasteiger partial charge in [-0.05, 0) is 25.2 Å². The number of rotatable bonds is 2. The predicted octanol–water partition coefficient (Wildman–Crippen LogP) is 1.01. The third kappa shape index (κ3) is 2.93. The summed E-state index contributed by atoms with van der Waals surface area (Å²) in [7, 11) is 0. The lowest BCUT2D eigenvalue weighted by Crippen LogP contribution is -2.47. The van der Waals surface area contributed by atoms with Crippen molar-refractivity contribution in [2.24, 2.45) is 11.8 Å². The summed E-state index contributed by atoms with van der Waals surface area (Å²) in [6, 6.07) is 0.373. The average molecular weight is 294 g/mol. The van der Waals surface area contributed by atoms with Crippen molar-refractivity contribution in [2.75, 3.05) is 19.6 Å². The van der Waals surface area contributed by atoms with Gasteiger partial charge in [0.2, 0.25) is 11.8 Å². The summed E-state index contributed by atoms with van der Waals surface area (Å²) in [4.78, 5) is 28.6. The van der Waals surface area contributed by atoms with E-state index in [0.29, 0.717) is 38.5 Å². The van der Waals surface area contributed by atoms with Gasteiger partial charge in [-0.15, -0.1) is 0 Å². The number of amides is 2. The number of likely N-dealkylation sites (tertiary alicyclic amines) is 2. The lowest BCUT2D eigenvalue weighted by molar-refractivity contribution is -0.139. The van der Waals surface area contributed by atoms with Crippen LogP contribution in [0, 0.1) is 11.8 Å². The minimum absolute atomic E-state index is 0.114. The third-order valence-corrected chi connectivity index (χ3v) is 5.44. The van der Waals surface area contributed by atoms with Crippen LogP contribution in [0.2, 0.25) is 0 Å². The van der Waals surface area contributed by atoms with Gasteiger partial charge >= 0.3 is 0 Å². The van der Waals surface area contributed by atoms with Crippen LogP contribution in [-0.4, -0.2) is 58.5 Å². The zero-order valence-electron chi connectivity index (χ0n) is 12.8. The molecule has 1 N–H and O–H groups in total. The Hall–Kier alpha value is -1.10. The van der Waals surface area contributed by atoms with E-state index in [-0.39, 0.29) is 29.8 Å². The monoisotopic (exact) mass is 294 g/mol. The van der Waals surface area contributed by atoms with E-state index in [4.69, 9.17) is 0 Å². The second-order valence-corrected chi connectivity index (χ2v) is 7.00. The molecule has 21 heavy (non-hydrogen) atoms. The van der Waals surface area contributed by atoms with Crippen molar-refractivity contribution < 1.29 is 14.7 Å². The Balaban J connectivity index is 1.59. The summed E-state index contributed by atoms with van der Waals surface area (Å²) in [6.45, 7) is 3.83. The van der Waals surface area contributed by atoms with E-state index in [2.05, 4.69) is 0 Å². The van der Waals surface area contributed by atoms with Crippen LogP contribution in [0.4, 0.5) is 0 Å². The summed E-state index contributed by atoms with van der Waals surface area (Å²) in [6.07, 6.45) is 5.33. The third-order valence-electron chi connectivity index (χ3n) is 5.44. The fraction of sp³-hybridized carbons (Fsp3) is 0.875. The van der Waals surface area contributed by atoms with Crippen molar-refractivity contribution in [1.82, 2.24) is 9.80 Å². The standard InChI is InChI=1S/C16H26N2O3/c1-11-9-17(7-6-14(11)19)16(21)12-8-15(20)18(10-12)13-4-2-3-5-13/h11-14,19H,2-10H2,1H3. The number of carbonyl (C=O) groups excluding carboxylic acids is 2. The van der Waals surface area contributed by atoms with Crippen molar-refractivity contribution in [3.05, 3.63) is 0 Å². The summed E-state index contributed by atoms with van der Waals surface area (Å²) >= 11 is 0. The molecule has 1 aliphatic carbocycles. The van der Waals surface area contributed by atoms with Crippen molar-refractivity contribution in [2.45, 2.75) is 57.6 Å². The van der Waals surface area contributed by atoms with E-state index in [0.717, 1.165) is 12.8 Å². The summed E-state index contributed by atoms with van der Waals surface area (Å²) in [5, 5.41) is 9.77. The lowest BCUT2D eigenvalue weighted by atomic mass is 9.95. The highest BCUT2D eigenvalue weighted by Gasteiger charge is 2.41. The zero-order valence-corrected chi connectivity index (χ0v) is 12.8. The highest BCUT2D eigenvalue weighted by atomic mass is 16.3. The quantitative estimate of drug-likeness (QED) is 0.827. The molecule has 0 spiro atoms. The molecule has 2 heterocycles. The van der Waals surface area contributed by atoms with E-state index in [1.54, 1.807) is 0 Å². The first-order chi connectivity index (χ1) is 10.1. The van der Waals surface area contributed by atoms with Gasteiger partial charge in [-0.25, -0.2) is 0 Å². The van der Waals surface area contributed by atoms with Crippen LogP contribution in [0.1, 0.15) is 45.4 Å². The first-order valence-electron chi connectivity index (χ1n) is 8.32. The molecule has 3 fully saturated rings. The molecule has 2 amide bonds. The van der Waals surface area contributed by atoms with E-state index in [9.17, 15) is 14.7 Å². The van der Waals surface area contributed by atoms with Crippen LogP contribution >= 0.6 is 0 Å².